The summed E-state index contributed by atoms with van der Waals surface area (Å²) in [5.41, 5.74) is 6.50. The van der Waals surface area contributed by atoms with E-state index in [1.165, 1.54) is 0 Å². The van der Waals surface area contributed by atoms with E-state index >= 15 is 0 Å². The van der Waals surface area contributed by atoms with E-state index in [1.54, 1.807) is 4.68 Å². The van der Waals surface area contributed by atoms with Crippen molar-refractivity contribution in [3.8, 4) is 6.07 Å². The molecule has 2 heterocycles. The molecule has 2 N–H and O–H groups in total. The van der Waals surface area contributed by atoms with Gasteiger partial charge in [0, 0.05) is 32.7 Å². The van der Waals surface area contributed by atoms with Crippen molar-refractivity contribution >= 4 is 11.6 Å². The maximum Gasteiger partial charge on any atom is 0.171 e. The van der Waals surface area contributed by atoms with Gasteiger partial charge in [0.05, 0.1) is 0 Å². The fourth-order valence-electron chi connectivity index (χ4n) is 2.19. The van der Waals surface area contributed by atoms with E-state index in [0.717, 1.165) is 45.0 Å². The largest absolute Gasteiger partial charge is 0.383 e. The van der Waals surface area contributed by atoms with Gasteiger partial charge in [0.2, 0.25) is 0 Å². The first-order valence-corrected chi connectivity index (χ1v) is 6.37. The molecule has 0 unspecified atom stereocenters. The Morgan fingerprint density at radius 1 is 1.33 bits per heavy atom. The Kier molecular flexibility index (Phi) is 3.72. The average Bonchev–Trinajstić information content (AvgIpc) is 2.68. The minimum atomic E-state index is 0.494. The monoisotopic (exact) mass is 248 g/mol. The normalized spacial score (nSPS) is 16.8. The summed E-state index contributed by atoms with van der Waals surface area (Å²) in [5, 5.41) is 13.7. The highest BCUT2D eigenvalue weighted by atomic mass is 15.4. The number of likely N-dealkylation sites (N-methyl/N-ethyl adjacent to an activating group) is 1. The maximum atomic E-state index is 9.24. The van der Waals surface area contributed by atoms with E-state index in [4.69, 9.17) is 5.73 Å². The van der Waals surface area contributed by atoms with Crippen LogP contribution < -0.4 is 10.6 Å². The molecule has 1 fully saturated rings. The van der Waals surface area contributed by atoms with Crippen LogP contribution in [0.3, 0.4) is 0 Å². The van der Waals surface area contributed by atoms with Crippen molar-refractivity contribution in [3.63, 3.8) is 0 Å². The number of nitrogens with two attached hydrogens (primary N) is 1. The van der Waals surface area contributed by atoms with E-state index in [-0.39, 0.29) is 0 Å². The topological polar surface area (TPSA) is 74.1 Å². The summed E-state index contributed by atoms with van der Waals surface area (Å²) in [5.74, 6) is 1.24. The van der Waals surface area contributed by atoms with Crippen molar-refractivity contribution in [2.24, 2.45) is 0 Å². The molecule has 0 atom stereocenters. The smallest absolute Gasteiger partial charge is 0.171 e. The number of aromatic nitrogens is 2. The lowest BCUT2D eigenvalue weighted by Gasteiger charge is -2.32. The molecule has 2 rings (SSSR count). The Labute approximate surface area is 108 Å². The van der Waals surface area contributed by atoms with E-state index in [9.17, 15) is 5.26 Å². The number of rotatable bonds is 3. The molecule has 18 heavy (non-hydrogen) atoms. The SMILES string of the molecule is CCCn1nc(N2CCN(C)CC2)c(C#N)c1N. The van der Waals surface area contributed by atoms with Crippen LogP contribution in [0.5, 0.6) is 0 Å². The van der Waals surface area contributed by atoms with E-state index < -0.39 is 0 Å². The molecule has 6 heteroatoms. The van der Waals surface area contributed by atoms with Crippen molar-refractivity contribution < 1.29 is 0 Å². The third-order valence-corrected chi connectivity index (χ3v) is 3.32. The predicted octanol–water partition coefficient (Wildman–Crippen LogP) is 0.499. The molecule has 98 valence electrons. The molecule has 0 aromatic carbocycles. The molecule has 1 aliphatic rings. The van der Waals surface area contributed by atoms with Gasteiger partial charge >= 0.3 is 0 Å². The van der Waals surface area contributed by atoms with Crippen LogP contribution in [0.25, 0.3) is 0 Å². The van der Waals surface area contributed by atoms with Crippen molar-refractivity contribution in [1.82, 2.24) is 14.7 Å². The Balaban J connectivity index is 2.27. The summed E-state index contributed by atoms with van der Waals surface area (Å²) in [6, 6.07) is 2.19. The molecule has 0 radical (unpaired) electrons. The Bertz CT molecular complexity index is 450. The van der Waals surface area contributed by atoms with Gasteiger partial charge in [-0.05, 0) is 13.5 Å². The highest BCUT2D eigenvalue weighted by Crippen LogP contribution is 2.25. The number of hydrogen-bond acceptors (Lipinski definition) is 5. The minimum Gasteiger partial charge on any atom is -0.383 e. The summed E-state index contributed by atoms with van der Waals surface area (Å²) < 4.78 is 1.74. The lowest BCUT2D eigenvalue weighted by Crippen LogP contribution is -2.45. The molecule has 0 amide bonds. The first-order chi connectivity index (χ1) is 8.67. The molecule has 1 saturated heterocycles. The van der Waals surface area contributed by atoms with E-state index in [1.807, 2.05) is 0 Å². The quantitative estimate of drug-likeness (QED) is 0.843. The zero-order valence-corrected chi connectivity index (χ0v) is 11.1. The van der Waals surface area contributed by atoms with Gasteiger partial charge in [-0.3, -0.25) is 0 Å². The third-order valence-electron chi connectivity index (χ3n) is 3.32. The summed E-state index contributed by atoms with van der Waals surface area (Å²) in [7, 11) is 2.10. The van der Waals surface area contributed by atoms with Crippen molar-refractivity contribution in [2.75, 3.05) is 43.9 Å². The Morgan fingerprint density at radius 3 is 2.56 bits per heavy atom. The number of nitrogen functional groups attached to an aromatic ring is 1. The molecule has 1 aromatic rings. The fourth-order valence-corrected chi connectivity index (χ4v) is 2.19. The second-order valence-corrected chi connectivity index (χ2v) is 4.71. The molecule has 1 aliphatic heterocycles. The second-order valence-electron chi connectivity index (χ2n) is 4.71. The molecule has 1 aromatic heterocycles. The van der Waals surface area contributed by atoms with E-state index in [2.05, 4.69) is 34.9 Å². The highest BCUT2D eigenvalue weighted by molar-refractivity contribution is 5.65. The average molecular weight is 248 g/mol. The maximum absolute atomic E-state index is 9.24. The number of aryl methyl sites for hydroxylation is 1. The van der Waals surface area contributed by atoms with Gasteiger partial charge in [-0.25, -0.2) is 4.68 Å². The molecule has 0 saturated carbocycles. The lowest BCUT2D eigenvalue weighted by molar-refractivity contribution is 0.311. The lowest BCUT2D eigenvalue weighted by atomic mass is 10.2. The van der Waals surface area contributed by atoms with Crippen LogP contribution in [-0.4, -0.2) is 47.9 Å². The number of hydrogen-bond donors (Lipinski definition) is 1. The minimum absolute atomic E-state index is 0.494. The van der Waals surface area contributed by atoms with Gasteiger partial charge in [0.15, 0.2) is 5.82 Å². The molecule has 0 spiro atoms. The number of nitriles is 1. The fraction of sp³-hybridized carbons (Fsp3) is 0.667. The number of nitrogens with zero attached hydrogens (tertiary/aromatic N) is 5. The van der Waals surface area contributed by atoms with Crippen molar-refractivity contribution in [2.45, 2.75) is 19.9 Å². The Morgan fingerprint density at radius 2 is 2.00 bits per heavy atom. The van der Waals surface area contributed by atoms with E-state index in [0.29, 0.717) is 11.4 Å². The van der Waals surface area contributed by atoms with Crippen molar-refractivity contribution in [3.05, 3.63) is 5.56 Å². The summed E-state index contributed by atoms with van der Waals surface area (Å²) >= 11 is 0. The molecule has 0 bridgehead atoms. The molecule has 0 aliphatic carbocycles. The van der Waals surface area contributed by atoms with Crippen LogP contribution in [0.2, 0.25) is 0 Å². The van der Waals surface area contributed by atoms with Gasteiger partial charge in [-0.2, -0.15) is 10.4 Å². The number of anilines is 2. The van der Waals surface area contributed by atoms with Crippen LogP contribution in [0.1, 0.15) is 18.9 Å². The zero-order valence-electron chi connectivity index (χ0n) is 11.1. The predicted molar refractivity (Wildman–Crippen MR) is 71.4 cm³/mol. The van der Waals surface area contributed by atoms with Crippen LogP contribution in [-0.2, 0) is 6.54 Å². The first-order valence-electron chi connectivity index (χ1n) is 6.37. The van der Waals surface area contributed by atoms with Gasteiger partial charge in [0.1, 0.15) is 17.5 Å². The van der Waals surface area contributed by atoms with Crippen LogP contribution in [0, 0.1) is 11.3 Å². The molecular formula is C12H20N6. The second kappa shape index (κ2) is 5.27. The third kappa shape index (κ3) is 2.27. The highest BCUT2D eigenvalue weighted by Gasteiger charge is 2.23. The summed E-state index contributed by atoms with van der Waals surface area (Å²) in [6.45, 7) is 6.61. The van der Waals surface area contributed by atoms with Crippen molar-refractivity contribution in [1.29, 1.82) is 5.26 Å². The first kappa shape index (κ1) is 12.7. The zero-order chi connectivity index (χ0) is 13.1. The molecular weight excluding hydrogens is 228 g/mol. The number of piperazine rings is 1. The van der Waals surface area contributed by atoms with Gasteiger partial charge in [-0.1, -0.05) is 6.92 Å². The van der Waals surface area contributed by atoms with Gasteiger partial charge in [-0.15, -0.1) is 0 Å². The van der Waals surface area contributed by atoms with Crippen LogP contribution >= 0.6 is 0 Å². The summed E-state index contributed by atoms with van der Waals surface area (Å²) in [6.07, 6.45) is 0.957. The van der Waals surface area contributed by atoms with Crippen LogP contribution in [0.4, 0.5) is 11.6 Å². The van der Waals surface area contributed by atoms with Crippen LogP contribution in [0.15, 0.2) is 0 Å². The summed E-state index contributed by atoms with van der Waals surface area (Å²) in [4.78, 5) is 4.43. The standard InChI is InChI=1S/C12H20N6/c1-3-4-18-11(14)10(9-13)12(15-18)17-7-5-16(2)6-8-17/h3-8,14H2,1-2H3. The van der Waals surface area contributed by atoms with Gasteiger partial charge < -0.3 is 15.5 Å². The Hall–Kier alpha value is -1.74. The van der Waals surface area contributed by atoms with Gasteiger partial charge in [0.25, 0.3) is 0 Å². The molecule has 6 nitrogen and oxygen atoms in total.